The van der Waals surface area contributed by atoms with E-state index >= 15 is 0 Å². The van der Waals surface area contributed by atoms with Crippen molar-refractivity contribution in [1.29, 1.82) is 0 Å². The number of benzene rings is 2. The van der Waals surface area contributed by atoms with Crippen LogP contribution in [-0.4, -0.2) is 37.6 Å². The van der Waals surface area contributed by atoms with Crippen molar-refractivity contribution in [1.82, 2.24) is 5.32 Å². The normalized spacial score (nSPS) is 15.3. The lowest BCUT2D eigenvalue weighted by molar-refractivity contribution is -0.274. The minimum absolute atomic E-state index is 0.0698. The van der Waals surface area contributed by atoms with Crippen molar-refractivity contribution in [3.63, 3.8) is 0 Å². The minimum atomic E-state index is -4.85. The molecule has 1 aliphatic rings. The van der Waals surface area contributed by atoms with E-state index in [0.717, 1.165) is 6.07 Å². The summed E-state index contributed by atoms with van der Waals surface area (Å²) < 4.78 is 56.9. The number of carbonyl (C=O) groups excluding carboxylic acids is 2. The third-order valence-electron chi connectivity index (χ3n) is 3.79. The Kier molecular flexibility index (Phi) is 6.10. The lowest BCUT2D eigenvalue weighted by atomic mass is 10.2. The summed E-state index contributed by atoms with van der Waals surface area (Å²) in [7, 11) is 0. The Morgan fingerprint density at radius 3 is 2.52 bits per heavy atom. The van der Waals surface area contributed by atoms with Crippen molar-refractivity contribution in [3.05, 3.63) is 54.1 Å². The largest absolute Gasteiger partial charge is 0.573 e. The zero-order valence-electron chi connectivity index (χ0n) is 14.9. The van der Waals surface area contributed by atoms with E-state index in [1.165, 1.54) is 18.2 Å². The summed E-state index contributed by atoms with van der Waals surface area (Å²) in [6.45, 7) is -0.929. The van der Waals surface area contributed by atoms with E-state index in [-0.39, 0.29) is 18.7 Å². The Morgan fingerprint density at radius 2 is 1.76 bits per heavy atom. The maximum Gasteiger partial charge on any atom is 0.573 e. The van der Waals surface area contributed by atoms with Crippen LogP contribution >= 0.6 is 0 Å². The van der Waals surface area contributed by atoms with E-state index < -0.39 is 36.7 Å². The lowest BCUT2D eigenvalue weighted by Gasteiger charge is -2.24. The number of hydrogen-bond donors (Lipinski definition) is 1. The standard InChI is InChI=1S/C19H16F3NO6/c20-19(21,22)29-13-6-2-1-5-12(13)9-23-17(24)11-27-18(25)16-10-26-14-7-3-4-8-15(14)28-16/h1-8,16H,9-11H2,(H,23,24). The first-order valence-electron chi connectivity index (χ1n) is 8.47. The number of para-hydroxylation sites is 3. The molecule has 1 unspecified atom stereocenters. The molecule has 0 aliphatic carbocycles. The highest BCUT2D eigenvalue weighted by molar-refractivity contribution is 5.82. The average Bonchev–Trinajstić information content (AvgIpc) is 2.70. The Bertz CT molecular complexity index is 886. The Morgan fingerprint density at radius 1 is 1.07 bits per heavy atom. The van der Waals surface area contributed by atoms with Crippen molar-refractivity contribution >= 4 is 11.9 Å². The van der Waals surface area contributed by atoms with Crippen molar-refractivity contribution in [2.75, 3.05) is 13.2 Å². The molecule has 2 aromatic carbocycles. The number of ether oxygens (including phenoxy) is 4. The number of esters is 1. The second-order valence-electron chi connectivity index (χ2n) is 5.90. The quantitative estimate of drug-likeness (QED) is 0.736. The number of alkyl halides is 3. The molecule has 29 heavy (non-hydrogen) atoms. The lowest BCUT2D eigenvalue weighted by Crippen LogP contribution is -2.39. The van der Waals surface area contributed by atoms with Gasteiger partial charge < -0.3 is 24.3 Å². The number of hydrogen-bond acceptors (Lipinski definition) is 6. The topological polar surface area (TPSA) is 83.1 Å². The van der Waals surface area contributed by atoms with Gasteiger partial charge in [-0.05, 0) is 18.2 Å². The summed E-state index contributed by atoms with van der Waals surface area (Å²) in [5.74, 6) is -1.04. The fourth-order valence-corrected chi connectivity index (χ4v) is 2.48. The van der Waals surface area contributed by atoms with Gasteiger partial charge in [-0.2, -0.15) is 0 Å². The molecule has 1 heterocycles. The molecular formula is C19H16F3NO6. The number of halogens is 3. The highest BCUT2D eigenvalue weighted by atomic mass is 19.4. The zero-order valence-corrected chi connectivity index (χ0v) is 14.9. The molecule has 1 amide bonds. The summed E-state index contributed by atoms with van der Waals surface area (Å²) in [4.78, 5) is 23.9. The van der Waals surface area contributed by atoms with Crippen molar-refractivity contribution in [2.24, 2.45) is 0 Å². The average molecular weight is 411 g/mol. The molecule has 0 bridgehead atoms. The fourth-order valence-electron chi connectivity index (χ4n) is 2.48. The van der Waals surface area contributed by atoms with Crippen LogP contribution < -0.4 is 19.5 Å². The van der Waals surface area contributed by atoms with Crippen LogP contribution in [0.3, 0.4) is 0 Å². The summed E-state index contributed by atoms with van der Waals surface area (Å²) in [6.07, 6.45) is -5.88. The number of fused-ring (bicyclic) bond motifs is 1. The Labute approximate surface area is 163 Å². The van der Waals surface area contributed by atoms with Crippen molar-refractivity contribution in [2.45, 2.75) is 19.0 Å². The van der Waals surface area contributed by atoms with Crippen LogP contribution in [0.4, 0.5) is 13.2 Å². The highest BCUT2D eigenvalue weighted by Crippen LogP contribution is 2.31. The van der Waals surface area contributed by atoms with Gasteiger partial charge in [0.25, 0.3) is 5.91 Å². The molecule has 0 saturated heterocycles. The van der Waals surface area contributed by atoms with Gasteiger partial charge in [0.05, 0.1) is 0 Å². The van der Waals surface area contributed by atoms with E-state index in [9.17, 15) is 22.8 Å². The van der Waals surface area contributed by atoms with Crippen LogP contribution in [0, 0.1) is 0 Å². The van der Waals surface area contributed by atoms with E-state index in [1.54, 1.807) is 24.3 Å². The molecule has 3 rings (SSSR count). The van der Waals surface area contributed by atoms with E-state index in [2.05, 4.69) is 10.1 Å². The molecular weight excluding hydrogens is 395 g/mol. The van der Waals surface area contributed by atoms with Gasteiger partial charge in [0.15, 0.2) is 18.1 Å². The predicted octanol–water partition coefficient (Wildman–Crippen LogP) is 2.58. The van der Waals surface area contributed by atoms with Crippen molar-refractivity contribution < 1.29 is 41.7 Å². The number of rotatable bonds is 6. The smallest absolute Gasteiger partial charge is 0.485 e. The van der Waals surface area contributed by atoms with Crippen LogP contribution in [0.1, 0.15) is 5.56 Å². The van der Waals surface area contributed by atoms with Crippen LogP contribution in [0.2, 0.25) is 0 Å². The molecule has 0 fully saturated rings. The second kappa shape index (κ2) is 8.72. The molecule has 1 N–H and O–H groups in total. The zero-order chi connectivity index (χ0) is 20.9. The molecule has 0 spiro atoms. The van der Waals surface area contributed by atoms with Gasteiger partial charge in [-0.1, -0.05) is 30.3 Å². The summed E-state index contributed by atoms with van der Waals surface area (Å²) in [5, 5.41) is 2.36. The molecule has 2 aromatic rings. The van der Waals surface area contributed by atoms with Gasteiger partial charge in [0.1, 0.15) is 12.4 Å². The first-order valence-corrected chi connectivity index (χ1v) is 8.47. The van der Waals surface area contributed by atoms with Gasteiger partial charge >= 0.3 is 12.3 Å². The van der Waals surface area contributed by atoms with Crippen LogP contribution in [0.5, 0.6) is 17.2 Å². The number of nitrogens with one attached hydrogen (secondary N) is 1. The maximum absolute atomic E-state index is 12.4. The Hall–Kier alpha value is -3.43. The molecule has 0 aromatic heterocycles. The molecule has 0 radical (unpaired) electrons. The monoisotopic (exact) mass is 411 g/mol. The fraction of sp³-hybridized carbons (Fsp3) is 0.263. The van der Waals surface area contributed by atoms with E-state index in [1.807, 2.05) is 0 Å². The summed E-state index contributed by atoms with van der Waals surface area (Å²) in [6, 6.07) is 12.2. The molecule has 1 aliphatic heterocycles. The molecule has 0 saturated carbocycles. The second-order valence-corrected chi connectivity index (χ2v) is 5.90. The van der Waals surface area contributed by atoms with Crippen LogP contribution in [-0.2, 0) is 20.9 Å². The maximum atomic E-state index is 12.4. The van der Waals surface area contributed by atoms with Gasteiger partial charge in [-0.25, -0.2) is 4.79 Å². The molecule has 154 valence electrons. The van der Waals surface area contributed by atoms with Gasteiger partial charge in [-0.3, -0.25) is 4.79 Å². The highest BCUT2D eigenvalue weighted by Gasteiger charge is 2.32. The van der Waals surface area contributed by atoms with E-state index in [4.69, 9.17) is 14.2 Å². The first kappa shape index (κ1) is 20.3. The van der Waals surface area contributed by atoms with Gasteiger partial charge in [0.2, 0.25) is 6.10 Å². The predicted molar refractivity (Wildman–Crippen MR) is 92.3 cm³/mol. The third kappa shape index (κ3) is 5.77. The first-order chi connectivity index (χ1) is 13.8. The SMILES string of the molecule is O=C(COC(=O)C1COc2ccccc2O1)NCc1ccccc1OC(F)(F)F. The minimum Gasteiger partial charge on any atom is -0.485 e. The number of amides is 1. The van der Waals surface area contributed by atoms with E-state index in [0.29, 0.717) is 11.5 Å². The molecule has 1 atom stereocenters. The van der Waals surface area contributed by atoms with Crippen molar-refractivity contribution in [3.8, 4) is 17.2 Å². The molecule has 7 nitrogen and oxygen atoms in total. The van der Waals surface area contributed by atoms with Crippen LogP contribution in [0.15, 0.2) is 48.5 Å². The number of carbonyl (C=O) groups is 2. The summed E-state index contributed by atoms with van der Waals surface area (Å²) in [5.41, 5.74) is 0.116. The summed E-state index contributed by atoms with van der Waals surface area (Å²) >= 11 is 0. The molecule has 10 heteroatoms. The third-order valence-corrected chi connectivity index (χ3v) is 3.79. The van der Waals surface area contributed by atoms with Crippen LogP contribution in [0.25, 0.3) is 0 Å². The Balaban J connectivity index is 1.47. The van der Waals surface area contributed by atoms with Gasteiger partial charge in [-0.15, -0.1) is 13.2 Å². The van der Waals surface area contributed by atoms with Gasteiger partial charge in [0, 0.05) is 12.1 Å².